The van der Waals surface area contributed by atoms with E-state index in [4.69, 9.17) is 15.6 Å². The quantitative estimate of drug-likeness (QED) is 0.252. The van der Waals surface area contributed by atoms with Gasteiger partial charge < -0.3 is 25.4 Å². The number of hydrogen-bond donors (Lipinski definition) is 5. The lowest BCUT2D eigenvalue weighted by atomic mass is 10.0. The van der Waals surface area contributed by atoms with Crippen LogP contribution in [0, 0.1) is 11.2 Å². The van der Waals surface area contributed by atoms with Crippen LogP contribution >= 0.6 is 0 Å². The molecule has 0 bridgehead atoms. The van der Waals surface area contributed by atoms with Gasteiger partial charge in [-0.05, 0) is 37.6 Å². The molecule has 0 amide bonds. The van der Waals surface area contributed by atoms with Crippen LogP contribution in [0.4, 0.5) is 4.39 Å². The molecule has 1 aromatic heterocycles. The van der Waals surface area contributed by atoms with Gasteiger partial charge in [0, 0.05) is 25.9 Å². The van der Waals surface area contributed by atoms with Crippen LogP contribution < -0.4 is 5.32 Å². The van der Waals surface area contributed by atoms with E-state index in [2.05, 4.69) is 15.3 Å². The number of aromatic nitrogens is 2. The number of aliphatic hydroxyl groups is 2. The number of amidine groups is 1. The lowest BCUT2D eigenvalue weighted by Crippen LogP contribution is -2.30. The number of H-pyrrole nitrogens is 1. The fraction of sp³-hybridized carbons (Fsp3) is 0.476. The molecule has 2 aromatic rings. The number of nitrogens with one attached hydrogen (secondary N) is 3. The van der Waals surface area contributed by atoms with Crippen LogP contribution in [-0.4, -0.2) is 70.1 Å². The van der Waals surface area contributed by atoms with Crippen molar-refractivity contribution in [3.05, 3.63) is 53.4 Å². The van der Waals surface area contributed by atoms with Crippen LogP contribution in [0.1, 0.15) is 47.2 Å². The maximum Gasteiger partial charge on any atom is 0.167 e. The van der Waals surface area contributed by atoms with Crippen LogP contribution in [0.25, 0.3) is 0 Å². The highest BCUT2D eigenvalue weighted by Gasteiger charge is 2.28. The van der Waals surface area contributed by atoms with Crippen molar-refractivity contribution in [3.63, 3.8) is 0 Å². The summed E-state index contributed by atoms with van der Waals surface area (Å²) in [7, 11) is 1.72. The average molecular weight is 420 g/mol. The molecule has 1 aliphatic heterocycles. The Hall–Kier alpha value is -2.62. The zero-order valence-electron chi connectivity index (χ0n) is 17.1. The van der Waals surface area contributed by atoms with Gasteiger partial charge in [-0.3, -0.25) is 10.2 Å². The molecular weight excluding hydrogens is 389 g/mol. The van der Waals surface area contributed by atoms with E-state index in [-0.39, 0.29) is 18.5 Å². The number of halogens is 1. The van der Waals surface area contributed by atoms with Crippen molar-refractivity contribution >= 4 is 12.1 Å². The largest absolute Gasteiger partial charge is 0.394 e. The van der Waals surface area contributed by atoms with Gasteiger partial charge in [0.1, 0.15) is 11.6 Å². The highest BCUT2D eigenvalue weighted by atomic mass is 19.1. The van der Waals surface area contributed by atoms with Crippen molar-refractivity contribution in [1.82, 2.24) is 20.2 Å². The van der Waals surface area contributed by atoms with Gasteiger partial charge in [-0.1, -0.05) is 12.1 Å². The van der Waals surface area contributed by atoms with Crippen molar-refractivity contribution in [3.8, 4) is 0 Å². The molecular formula is C21H30FN5O3. The highest BCUT2D eigenvalue weighted by Crippen LogP contribution is 2.32. The van der Waals surface area contributed by atoms with Crippen LogP contribution in [0.15, 0.2) is 30.5 Å². The van der Waals surface area contributed by atoms with Gasteiger partial charge >= 0.3 is 0 Å². The van der Waals surface area contributed by atoms with Crippen LogP contribution in [-0.2, 0) is 6.42 Å². The second-order valence-electron chi connectivity index (χ2n) is 7.15. The van der Waals surface area contributed by atoms with Gasteiger partial charge in [0.05, 0.1) is 36.5 Å². The Morgan fingerprint density at radius 3 is 2.93 bits per heavy atom. The SMILES string of the molecule is CNCC(O)CO.N=C(CCc1ncc(C=O)[nH]1)N1CCC[C@@H]1c1cccc(F)c1. The summed E-state index contributed by atoms with van der Waals surface area (Å²) in [6.07, 6.45) is 4.67. The number of benzene rings is 1. The molecule has 1 unspecified atom stereocenters. The summed E-state index contributed by atoms with van der Waals surface area (Å²) in [5.74, 6) is 0.997. The smallest absolute Gasteiger partial charge is 0.167 e. The van der Waals surface area contributed by atoms with E-state index < -0.39 is 6.10 Å². The third-order valence-electron chi connectivity index (χ3n) is 4.86. The maximum absolute atomic E-state index is 13.4. The van der Waals surface area contributed by atoms with Crippen LogP contribution in [0.2, 0.25) is 0 Å². The number of carbonyl (C=O) groups is 1. The molecule has 0 aliphatic carbocycles. The Kier molecular flexibility index (Phi) is 9.59. The molecule has 30 heavy (non-hydrogen) atoms. The van der Waals surface area contributed by atoms with Crippen molar-refractivity contribution in [1.29, 1.82) is 5.41 Å². The highest BCUT2D eigenvalue weighted by molar-refractivity contribution is 5.80. The molecule has 0 radical (unpaired) electrons. The minimum absolute atomic E-state index is 0.0698. The van der Waals surface area contributed by atoms with Crippen molar-refractivity contribution in [2.75, 3.05) is 26.7 Å². The van der Waals surface area contributed by atoms with E-state index in [1.807, 2.05) is 11.0 Å². The third-order valence-corrected chi connectivity index (χ3v) is 4.86. The predicted molar refractivity (Wildman–Crippen MR) is 112 cm³/mol. The summed E-state index contributed by atoms with van der Waals surface area (Å²) >= 11 is 0. The number of carbonyl (C=O) groups excluding carboxylic acids is 1. The number of aryl methyl sites for hydroxylation is 1. The van der Waals surface area contributed by atoms with E-state index in [0.717, 1.165) is 31.2 Å². The standard InChI is InChI=1S/C17H19FN4O.C4H11NO2/c18-13-4-1-3-12(9-13)15-5-2-8-22(15)16(19)6-7-17-20-10-14(11-23)21-17;1-5-2-4(7)3-6/h1,3-4,9-11,15,19H,2,5-8H2,(H,20,21);4-7H,2-3H2,1H3/t15-;/m1./s1. The number of aliphatic hydroxyl groups excluding tert-OH is 2. The molecule has 5 N–H and O–H groups in total. The summed E-state index contributed by atoms with van der Waals surface area (Å²) in [5, 5.41) is 27.8. The molecule has 2 atom stereocenters. The summed E-state index contributed by atoms with van der Waals surface area (Å²) < 4.78 is 13.4. The Balaban J connectivity index is 0.000000396. The molecule has 2 heterocycles. The number of aromatic amines is 1. The molecule has 3 rings (SSSR count). The normalized spacial score (nSPS) is 16.7. The molecule has 1 fully saturated rings. The zero-order valence-corrected chi connectivity index (χ0v) is 17.1. The first-order chi connectivity index (χ1) is 14.5. The minimum atomic E-state index is -0.606. The molecule has 9 heteroatoms. The second kappa shape index (κ2) is 12.2. The number of rotatable bonds is 8. The number of aldehydes is 1. The molecule has 1 aliphatic rings. The number of hydrogen-bond acceptors (Lipinski definition) is 6. The first-order valence-electron chi connectivity index (χ1n) is 10.0. The van der Waals surface area contributed by atoms with Gasteiger partial charge in [-0.25, -0.2) is 9.37 Å². The summed E-state index contributed by atoms with van der Waals surface area (Å²) in [4.78, 5) is 19.7. The number of likely N-dealkylation sites (tertiary alicyclic amines) is 1. The van der Waals surface area contributed by atoms with E-state index in [0.29, 0.717) is 36.7 Å². The van der Waals surface area contributed by atoms with Crippen LogP contribution in [0.3, 0.4) is 0 Å². The Bertz CT molecular complexity index is 813. The molecule has 1 saturated heterocycles. The van der Waals surface area contributed by atoms with E-state index in [9.17, 15) is 9.18 Å². The summed E-state index contributed by atoms with van der Waals surface area (Å²) in [6, 6.07) is 6.70. The van der Waals surface area contributed by atoms with Gasteiger partial charge in [0.2, 0.25) is 0 Å². The number of likely N-dealkylation sites (N-methyl/N-ethyl adjacent to an activating group) is 1. The lowest BCUT2D eigenvalue weighted by molar-refractivity contribution is 0.0961. The Labute approximate surface area is 175 Å². The van der Waals surface area contributed by atoms with E-state index in [1.165, 1.54) is 12.3 Å². The fourth-order valence-corrected chi connectivity index (χ4v) is 3.40. The van der Waals surface area contributed by atoms with Crippen molar-refractivity contribution in [2.24, 2.45) is 0 Å². The molecule has 0 saturated carbocycles. The topological polar surface area (TPSA) is 125 Å². The number of imidazole rings is 1. The summed E-state index contributed by atoms with van der Waals surface area (Å²) in [5.41, 5.74) is 1.37. The second-order valence-corrected chi connectivity index (χ2v) is 7.15. The molecule has 1 aromatic carbocycles. The van der Waals surface area contributed by atoms with E-state index in [1.54, 1.807) is 19.2 Å². The predicted octanol–water partition coefficient (Wildman–Crippen LogP) is 1.67. The lowest BCUT2D eigenvalue weighted by Gasteiger charge is -2.27. The summed E-state index contributed by atoms with van der Waals surface area (Å²) in [6.45, 7) is 1.11. The van der Waals surface area contributed by atoms with Gasteiger partial charge in [0.25, 0.3) is 0 Å². The molecule has 0 spiro atoms. The Morgan fingerprint density at radius 1 is 1.53 bits per heavy atom. The zero-order chi connectivity index (χ0) is 21.9. The van der Waals surface area contributed by atoms with Crippen LogP contribution in [0.5, 0.6) is 0 Å². The first kappa shape index (κ1) is 23.7. The molecule has 164 valence electrons. The van der Waals surface area contributed by atoms with E-state index >= 15 is 0 Å². The van der Waals surface area contributed by atoms with Gasteiger partial charge in [-0.15, -0.1) is 0 Å². The van der Waals surface area contributed by atoms with Gasteiger partial charge in [0.15, 0.2) is 6.29 Å². The number of nitrogens with zero attached hydrogens (tertiary/aromatic N) is 2. The first-order valence-corrected chi connectivity index (χ1v) is 10.0. The average Bonchev–Trinajstić information content (AvgIpc) is 3.42. The Morgan fingerprint density at radius 2 is 2.33 bits per heavy atom. The monoisotopic (exact) mass is 419 g/mol. The van der Waals surface area contributed by atoms with Crippen molar-refractivity contribution < 1.29 is 19.4 Å². The fourth-order valence-electron chi connectivity index (χ4n) is 3.40. The van der Waals surface area contributed by atoms with Crippen molar-refractivity contribution in [2.45, 2.75) is 37.8 Å². The molecule has 8 nitrogen and oxygen atoms in total. The maximum atomic E-state index is 13.4. The third kappa shape index (κ3) is 7.01. The van der Waals surface area contributed by atoms with Gasteiger partial charge in [-0.2, -0.15) is 0 Å². The minimum Gasteiger partial charge on any atom is -0.394 e.